The van der Waals surface area contributed by atoms with E-state index in [0.29, 0.717) is 18.2 Å². The standard InChI is InChI=1S/C16H25NO2/c1-4-16(12-5-8-14(18-2)9-6-12)17-13-7-10-15(11-13)19-3/h5-6,8-9,13,15-17H,4,7,10-11H2,1-3H3. The van der Waals surface area contributed by atoms with E-state index < -0.39 is 0 Å². The Morgan fingerprint density at radius 2 is 1.95 bits per heavy atom. The van der Waals surface area contributed by atoms with Gasteiger partial charge in [0.15, 0.2) is 0 Å². The second-order valence-corrected chi connectivity index (χ2v) is 5.27. The van der Waals surface area contributed by atoms with Gasteiger partial charge in [-0.3, -0.25) is 0 Å². The summed E-state index contributed by atoms with van der Waals surface area (Å²) in [6.45, 7) is 2.23. The van der Waals surface area contributed by atoms with Gasteiger partial charge in [-0.25, -0.2) is 0 Å². The fourth-order valence-electron chi connectivity index (χ4n) is 2.88. The average molecular weight is 263 g/mol. The summed E-state index contributed by atoms with van der Waals surface area (Å²) in [5, 5.41) is 3.76. The third-order valence-electron chi connectivity index (χ3n) is 4.08. The molecule has 1 fully saturated rings. The van der Waals surface area contributed by atoms with Gasteiger partial charge in [0.1, 0.15) is 5.75 Å². The molecule has 0 heterocycles. The maximum absolute atomic E-state index is 5.44. The molecule has 0 aliphatic heterocycles. The number of methoxy groups -OCH3 is 2. The number of benzene rings is 1. The molecule has 1 aliphatic carbocycles. The number of nitrogens with one attached hydrogen (secondary N) is 1. The topological polar surface area (TPSA) is 30.5 Å². The van der Waals surface area contributed by atoms with Gasteiger partial charge >= 0.3 is 0 Å². The highest BCUT2D eigenvalue weighted by molar-refractivity contribution is 5.29. The first kappa shape index (κ1) is 14.4. The molecule has 3 heteroatoms. The van der Waals surface area contributed by atoms with Crippen molar-refractivity contribution >= 4 is 0 Å². The van der Waals surface area contributed by atoms with Gasteiger partial charge in [-0.1, -0.05) is 19.1 Å². The second-order valence-electron chi connectivity index (χ2n) is 5.27. The van der Waals surface area contributed by atoms with E-state index in [4.69, 9.17) is 9.47 Å². The minimum Gasteiger partial charge on any atom is -0.497 e. The Morgan fingerprint density at radius 1 is 1.21 bits per heavy atom. The van der Waals surface area contributed by atoms with Crippen LogP contribution in [0, 0.1) is 0 Å². The SMILES string of the molecule is CCC(NC1CCC(OC)C1)c1ccc(OC)cc1. The lowest BCUT2D eigenvalue weighted by Crippen LogP contribution is -2.31. The maximum atomic E-state index is 5.44. The van der Waals surface area contributed by atoms with Crippen LogP contribution in [0.3, 0.4) is 0 Å². The van der Waals surface area contributed by atoms with Crippen LogP contribution < -0.4 is 10.1 Å². The van der Waals surface area contributed by atoms with Crippen LogP contribution in [0.5, 0.6) is 5.75 Å². The molecule has 1 aromatic rings. The molecule has 3 unspecified atom stereocenters. The van der Waals surface area contributed by atoms with Gasteiger partial charge in [0, 0.05) is 19.2 Å². The normalized spacial score (nSPS) is 24.4. The van der Waals surface area contributed by atoms with E-state index in [1.807, 2.05) is 19.2 Å². The van der Waals surface area contributed by atoms with Gasteiger partial charge in [0.2, 0.25) is 0 Å². The van der Waals surface area contributed by atoms with Crippen LogP contribution in [0.2, 0.25) is 0 Å². The largest absolute Gasteiger partial charge is 0.497 e. The first-order valence-electron chi connectivity index (χ1n) is 7.19. The highest BCUT2D eigenvalue weighted by Crippen LogP contribution is 2.26. The highest BCUT2D eigenvalue weighted by atomic mass is 16.5. The van der Waals surface area contributed by atoms with Crippen molar-refractivity contribution in [2.75, 3.05) is 14.2 Å². The van der Waals surface area contributed by atoms with Crippen LogP contribution in [0.15, 0.2) is 24.3 Å². The Morgan fingerprint density at radius 3 is 2.47 bits per heavy atom. The van der Waals surface area contributed by atoms with E-state index in [9.17, 15) is 0 Å². The van der Waals surface area contributed by atoms with E-state index in [-0.39, 0.29) is 0 Å². The van der Waals surface area contributed by atoms with E-state index in [1.54, 1.807) is 7.11 Å². The smallest absolute Gasteiger partial charge is 0.118 e. The molecule has 0 spiro atoms. The molecule has 19 heavy (non-hydrogen) atoms. The van der Waals surface area contributed by atoms with E-state index >= 15 is 0 Å². The van der Waals surface area contributed by atoms with Crippen LogP contribution in [0.4, 0.5) is 0 Å². The number of ether oxygens (including phenoxy) is 2. The van der Waals surface area contributed by atoms with Gasteiger partial charge in [-0.05, 0) is 43.4 Å². The minimum atomic E-state index is 0.423. The van der Waals surface area contributed by atoms with Crippen LogP contribution in [0.1, 0.15) is 44.2 Å². The zero-order chi connectivity index (χ0) is 13.7. The molecule has 1 N–H and O–H groups in total. The van der Waals surface area contributed by atoms with Crippen LogP contribution in [-0.2, 0) is 4.74 Å². The number of hydrogen-bond donors (Lipinski definition) is 1. The summed E-state index contributed by atoms with van der Waals surface area (Å²) in [6.07, 6.45) is 5.05. The summed E-state index contributed by atoms with van der Waals surface area (Å²) < 4.78 is 10.6. The van der Waals surface area contributed by atoms with Crippen LogP contribution in [-0.4, -0.2) is 26.4 Å². The molecule has 3 nitrogen and oxygen atoms in total. The van der Waals surface area contributed by atoms with E-state index in [2.05, 4.69) is 24.4 Å². The Balaban J connectivity index is 1.95. The maximum Gasteiger partial charge on any atom is 0.118 e. The lowest BCUT2D eigenvalue weighted by atomic mass is 10.0. The molecule has 0 amide bonds. The van der Waals surface area contributed by atoms with Crippen molar-refractivity contribution in [1.82, 2.24) is 5.32 Å². The van der Waals surface area contributed by atoms with Gasteiger partial charge in [-0.15, -0.1) is 0 Å². The molecular formula is C16H25NO2. The van der Waals surface area contributed by atoms with Crippen molar-refractivity contribution in [2.45, 2.75) is 50.8 Å². The van der Waals surface area contributed by atoms with Gasteiger partial charge in [-0.2, -0.15) is 0 Å². The molecule has 3 atom stereocenters. The highest BCUT2D eigenvalue weighted by Gasteiger charge is 2.26. The lowest BCUT2D eigenvalue weighted by Gasteiger charge is -2.22. The summed E-state index contributed by atoms with van der Waals surface area (Å²) in [7, 11) is 3.52. The van der Waals surface area contributed by atoms with Gasteiger partial charge in [0.05, 0.1) is 13.2 Å². The van der Waals surface area contributed by atoms with Crippen molar-refractivity contribution in [3.8, 4) is 5.75 Å². The fraction of sp³-hybridized carbons (Fsp3) is 0.625. The summed E-state index contributed by atoms with van der Waals surface area (Å²) in [5.41, 5.74) is 1.34. The zero-order valence-corrected chi connectivity index (χ0v) is 12.2. The molecule has 106 valence electrons. The number of rotatable bonds is 6. The molecule has 0 aromatic heterocycles. The first-order valence-corrected chi connectivity index (χ1v) is 7.19. The minimum absolute atomic E-state index is 0.423. The predicted octanol–water partition coefficient (Wildman–Crippen LogP) is 3.30. The monoisotopic (exact) mass is 263 g/mol. The Bertz CT molecular complexity index is 377. The van der Waals surface area contributed by atoms with Crippen molar-refractivity contribution in [3.05, 3.63) is 29.8 Å². The summed E-state index contributed by atoms with van der Waals surface area (Å²) in [6, 6.07) is 9.38. The van der Waals surface area contributed by atoms with Crippen molar-refractivity contribution in [2.24, 2.45) is 0 Å². The van der Waals surface area contributed by atoms with Crippen molar-refractivity contribution in [1.29, 1.82) is 0 Å². The molecule has 1 saturated carbocycles. The average Bonchev–Trinajstić information content (AvgIpc) is 2.92. The second kappa shape index (κ2) is 6.92. The molecule has 0 bridgehead atoms. The third-order valence-corrected chi connectivity index (χ3v) is 4.08. The van der Waals surface area contributed by atoms with E-state index in [0.717, 1.165) is 18.6 Å². The Hall–Kier alpha value is -1.06. The zero-order valence-electron chi connectivity index (χ0n) is 12.2. The fourth-order valence-corrected chi connectivity index (χ4v) is 2.88. The first-order chi connectivity index (χ1) is 9.26. The van der Waals surface area contributed by atoms with Crippen molar-refractivity contribution in [3.63, 3.8) is 0 Å². The van der Waals surface area contributed by atoms with Crippen LogP contribution >= 0.6 is 0 Å². The summed E-state index contributed by atoms with van der Waals surface area (Å²) in [5.74, 6) is 0.916. The summed E-state index contributed by atoms with van der Waals surface area (Å²) >= 11 is 0. The third kappa shape index (κ3) is 3.71. The molecule has 2 rings (SSSR count). The van der Waals surface area contributed by atoms with E-state index in [1.165, 1.54) is 18.4 Å². The quantitative estimate of drug-likeness (QED) is 0.854. The molecule has 0 saturated heterocycles. The molecule has 0 radical (unpaired) electrons. The van der Waals surface area contributed by atoms with Crippen LogP contribution in [0.25, 0.3) is 0 Å². The molecule has 1 aromatic carbocycles. The van der Waals surface area contributed by atoms with Gasteiger partial charge in [0.25, 0.3) is 0 Å². The Labute approximate surface area is 116 Å². The number of hydrogen-bond acceptors (Lipinski definition) is 3. The summed E-state index contributed by atoms with van der Waals surface area (Å²) in [4.78, 5) is 0. The van der Waals surface area contributed by atoms with Crippen molar-refractivity contribution < 1.29 is 9.47 Å². The Kier molecular flexibility index (Phi) is 5.23. The molecular weight excluding hydrogens is 238 g/mol. The molecule has 1 aliphatic rings. The predicted molar refractivity (Wildman–Crippen MR) is 77.6 cm³/mol. The lowest BCUT2D eigenvalue weighted by molar-refractivity contribution is 0.106. The van der Waals surface area contributed by atoms with Gasteiger partial charge < -0.3 is 14.8 Å².